The lowest BCUT2D eigenvalue weighted by molar-refractivity contribution is 0.0693. The van der Waals surface area contributed by atoms with E-state index in [2.05, 4.69) is 22.2 Å². The molecule has 0 fully saturated rings. The summed E-state index contributed by atoms with van der Waals surface area (Å²) in [5.41, 5.74) is 0.388. The molecule has 0 spiro atoms. The minimum Gasteiger partial charge on any atom is -0.372 e. The van der Waals surface area contributed by atoms with Crippen LogP contribution in [0.3, 0.4) is 0 Å². The summed E-state index contributed by atoms with van der Waals surface area (Å²) in [6.07, 6.45) is 4.03. The Hall–Kier alpha value is -1.65. The van der Waals surface area contributed by atoms with Crippen molar-refractivity contribution in [3.63, 3.8) is 0 Å². The Morgan fingerprint density at radius 2 is 2.18 bits per heavy atom. The lowest BCUT2D eigenvalue weighted by Crippen LogP contribution is -2.38. The maximum atomic E-state index is 12.2. The molecule has 94 valence electrons. The van der Waals surface area contributed by atoms with Crippen molar-refractivity contribution in [1.82, 2.24) is 14.9 Å². The fourth-order valence-electron chi connectivity index (χ4n) is 1.61. The molecule has 0 radical (unpaired) electrons. The molecule has 0 aliphatic heterocycles. The van der Waals surface area contributed by atoms with Crippen molar-refractivity contribution in [1.29, 1.82) is 0 Å². The molecule has 17 heavy (non-hydrogen) atoms. The second-order valence-electron chi connectivity index (χ2n) is 3.89. The minimum atomic E-state index is -0.0635. The van der Waals surface area contributed by atoms with Crippen LogP contribution in [-0.2, 0) is 0 Å². The number of aromatic nitrogens is 2. The predicted molar refractivity (Wildman–Crippen MR) is 68.0 cm³/mol. The van der Waals surface area contributed by atoms with E-state index in [0.717, 1.165) is 6.42 Å². The van der Waals surface area contributed by atoms with Crippen LogP contribution in [-0.4, -0.2) is 40.4 Å². The van der Waals surface area contributed by atoms with E-state index in [4.69, 9.17) is 0 Å². The number of nitrogens with one attached hydrogen (secondary N) is 1. The molecule has 0 aromatic carbocycles. The van der Waals surface area contributed by atoms with E-state index in [0.29, 0.717) is 18.1 Å². The first-order valence-electron chi connectivity index (χ1n) is 5.94. The summed E-state index contributed by atoms with van der Waals surface area (Å²) >= 11 is 0. The lowest BCUT2D eigenvalue weighted by atomic mass is 10.2. The third kappa shape index (κ3) is 3.15. The summed E-state index contributed by atoms with van der Waals surface area (Å²) < 4.78 is 0. The van der Waals surface area contributed by atoms with E-state index in [1.54, 1.807) is 13.2 Å². The van der Waals surface area contributed by atoms with Gasteiger partial charge in [-0.2, -0.15) is 0 Å². The normalized spacial score (nSPS) is 12.0. The van der Waals surface area contributed by atoms with E-state index < -0.39 is 0 Å². The van der Waals surface area contributed by atoms with Crippen LogP contribution in [0.25, 0.3) is 0 Å². The molecule has 1 unspecified atom stereocenters. The summed E-state index contributed by atoms with van der Waals surface area (Å²) in [5, 5.41) is 2.88. The first-order chi connectivity index (χ1) is 8.13. The van der Waals surface area contributed by atoms with Crippen molar-refractivity contribution in [3.05, 3.63) is 18.1 Å². The Balaban J connectivity index is 2.93. The van der Waals surface area contributed by atoms with Gasteiger partial charge in [0.2, 0.25) is 0 Å². The van der Waals surface area contributed by atoms with E-state index in [-0.39, 0.29) is 11.9 Å². The van der Waals surface area contributed by atoms with Crippen LogP contribution in [0.1, 0.15) is 37.7 Å². The number of hydrogen-bond donors (Lipinski definition) is 1. The average molecular weight is 236 g/mol. The minimum absolute atomic E-state index is 0.0635. The van der Waals surface area contributed by atoms with Gasteiger partial charge in [-0.15, -0.1) is 0 Å². The van der Waals surface area contributed by atoms with Gasteiger partial charge in [0.15, 0.2) is 0 Å². The summed E-state index contributed by atoms with van der Waals surface area (Å²) in [4.78, 5) is 22.3. The Morgan fingerprint density at radius 3 is 2.71 bits per heavy atom. The Morgan fingerprint density at radius 1 is 1.47 bits per heavy atom. The number of carbonyl (C=O) groups excluding carboxylic acids is 1. The number of anilines is 1. The molecular formula is C12H20N4O. The second-order valence-corrected chi connectivity index (χ2v) is 3.89. The monoisotopic (exact) mass is 236 g/mol. The van der Waals surface area contributed by atoms with Gasteiger partial charge in [0.25, 0.3) is 5.91 Å². The van der Waals surface area contributed by atoms with Crippen molar-refractivity contribution in [3.8, 4) is 0 Å². The van der Waals surface area contributed by atoms with Crippen LogP contribution in [0, 0.1) is 0 Å². The molecule has 0 aliphatic carbocycles. The number of hydrogen-bond acceptors (Lipinski definition) is 4. The predicted octanol–water partition coefficient (Wildman–Crippen LogP) is 1.78. The molecule has 1 aromatic rings. The van der Waals surface area contributed by atoms with Gasteiger partial charge in [0.05, 0.1) is 12.4 Å². The second kappa shape index (κ2) is 6.18. The Labute approximate surface area is 102 Å². The highest BCUT2D eigenvalue weighted by Gasteiger charge is 2.20. The summed E-state index contributed by atoms with van der Waals surface area (Å²) in [7, 11) is 1.75. The van der Waals surface area contributed by atoms with E-state index >= 15 is 0 Å². The number of amides is 1. The summed E-state index contributed by atoms with van der Waals surface area (Å²) in [5.74, 6) is 0.544. The van der Waals surface area contributed by atoms with Crippen molar-refractivity contribution in [2.24, 2.45) is 0 Å². The first kappa shape index (κ1) is 13.4. The molecule has 1 N–H and O–H groups in total. The molecule has 0 aliphatic rings. The zero-order valence-corrected chi connectivity index (χ0v) is 10.9. The van der Waals surface area contributed by atoms with Gasteiger partial charge in [-0.25, -0.2) is 4.98 Å². The van der Waals surface area contributed by atoms with Crippen LogP contribution >= 0.6 is 0 Å². The third-order valence-corrected chi connectivity index (χ3v) is 2.83. The standard InChI is InChI=1S/C12H20N4O/c1-5-9(3)16(6-2)12(17)10-7-14-8-11(13-4)15-10/h7-9H,5-6H2,1-4H3,(H,13,15). The van der Waals surface area contributed by atoms with Gasteiger partial charge >= 0.3 is 0 Å². The first-order valence-corrected chi connectivity index (χ1v) is 5.94. The van der Waals surface area contributed by atoms with Crippen LogP contribution in [0.15, 0.2) is 12.4 Å². The largest absolute Gasteiger partial charge is 0.372 e. The molecule has 0 saturated heterocycles. The zero-order valence-electron chi connectivity index (χ0n) is 10.9. The maximum absolute atomic E-state index is 12.2. The lowest BCUT2D eigenvalue weighted by Gasteiger charge is -2.26. The van der Waals surface area contributed by atoms with E-state index in [1.807, 2.05) is 18.7 Å². The van der Waals surface area contributed by atoms with Crippen LogP contribution < -0.4 is 5.32 Å². The molecule has 5 heteroatoms. The van der Waals surface area contributed by atoms with Crippen LogP contribution in [0.2, 0.25) is 0 Å². The molecule has 1 amide bonds. The highest BCUT2D eigenvalue weighted by atomic mass is 16.2. The smallest absolute Gasteiger partial charge is 0.274 e. The average Bonchev–Trinajstić information content (AvgIpc) is 2.39. The van der Waals surface area contributed by atoms with Gasteiger partial charge in [-0.3, -0.25) is 9.78 Å². The quantitative estimate of drug-likeness (QED) is 0.846. The third-order valence-electron chi connectivity index (χ3n) is 2.83. The highest BCUT2D eigenvalue weighted by molar-refractivity contribution is 5.92. The Kier molecular flexibility index (Phi) is 4.87. The molecule has 5 nitrogen and oxygen atoms in total. The van der Waals surface area contributed by atoms with Gasteiger partial charge in [0.1, 0.15) is 11.5 Å². The van der Waals surface area contributed by atoms with Crippen molar-refractivity contribution in [2.45, 2.75) is 33.2 Å². The fraction of sp³-hybridized carbons (Fsp3) is 0.583. The molecule has 1 atom stereocenters. The fourth-order valence-corrected chi connectivity index (χ4v) is 1.61. The molecule has 0 bridgehead atoms. The summed E-state index contributed by atoms with van der Waals surface area (Å²) in [6, 6.07) is 0.215. The molecule has 1 heterocycles. The summed E-state index contributed by atoms with van der Waals surface area (Å²) in [6.45, 7) is 6.76. The van der Waals surface area contributed by atoms with Crippen molar-refractivity contribution >= 4 is 11.7 Å². The van der Waals surface area contributed by atoms with Crippen LogP contribution in [0.5, 0.6) is 0 Å². The number of carbonyl (C=O) groups is 1. The van der Waals surface area contributed by atoms with Gasteiger partial charge in [0, 0.05) is 19.6 Å². The SMILES string of the molecule is CCC(C)N(CC)C(=O)c1cncc(NC)n1. The number of nitrogens with zero attached hydrogens (tertiary/aromatic N) is 3. The molecular weight excluding hydrogens is 216 g/mol. The Bertz CT molecular complexity index is 381. The van der Waals surface area contributed by atoms with Crippen molar-refractivity contribution < 1.29 is 4.79 Å². The van der Waals surface area contributed by atoms with Gasteiger partial charge in [-0.05, 0) is 20.3 Å². The van der Waals surface area contributed by atoms with Gasteiger partial charge < -0.3 is 10.2 Å². The molecule has 1 aromatic heterocycles. The number of rotatable bonds is 5. The zero-order chi connectivity index (χ0) is 12.8. The molecule has 1 rings (SSSR count). The van der Waals surface area contributed by atoms with E-state index in [9.17, 15) is 4.79 Å². The molecule has 0 saturated carbocycles. The van der Waals surface area contributed by atoms with Crippen molar-refractivity contribution in [2.75, 3.05) is 18.9 Å². The van der Waals surface area contributed by atoms with Crippen LogP contribution in [0.4, 0.5) is 5.82 Å². The van der Waals surface area contributed by atoms with Gasteiger partial charge in [-0.1, -0.05) is 6.92 Å². The highest BCUT2D eigenvalue weighted by Crippen LogP contribution is 2.09. The van der Waals surface area contributed by atoms with E-state index in [1.165, 1.54) is 6.20 Å². The maximum Gasteiger partial charge on any atom is 0.274 e. The topological polar surface area (TPSA) is 58.1 Å².